The molecular weight excluding hydrogens is 438 g/mol. The molecule has 0 bridgehead atoms. The van der Waals surface area contributed by atoms with Gasteiger partial charge in [0, 0.05) is 37.9 Å². The van der Waals surface area contributed by atoms with E-state index < -0.39 is 5.97 Å². The number of hydrogen-bond donors (Lipinski definition) is 0. The van der Waals surface area contributed by atoms with E-state index in [0.717, 1.165) is 41.5 Å². The molecule has 0 N–H and O–H groups in total. The Morgan fingerprint density at radius 3 is 2.43 bits per heavy atom. The molecule has 0 saturated carbocycles. The van der Waals surface area contributed by atoms with E-state index in [-0.39, 0.29) is 0 Å². The Morgan fingerprint density at radius 1 is 0.933 bits per heavy atom. The summed E-state index contributed by atoms with van der Waals surface area (Å²) in [4.78, 5) is 22.3. The van der Waals surface area contributed by atoms with Gasteiger partial charge in [-0.3, -0.25) is 0 Å². The maximum Gasteiger partial charge on any atom is 0.353 e. The number of benzene rings is 2. The number of esters is 1. The molecule has 1 saturated heterocycles. The molecule has 1 aliphatic rings. The minimum absolute atomic E-state index is 0.395. The van der Waals surface area contributed by atoms with E-state index in [2.05, 4.69) is 34.1 Å². The van der Waals surface area contributed by atoms with Crippen LogP contribution in [0.4, 0.5) is 10.8 Å². The molecule has 0 aliphatic carbocycles. The Bertz CT molecular complexity index is 1180. The highest BCUT2D eigenvalue weighted by Gasteiger charge is 2.20. The highest BCUT2D eigenvalue weighted by Crippen LogP contribution is 2.33. The van der Waals surface area contributed by atoms with E-state index in [0.29, 0.717) is 15.0 Å². The van der Waals surface area contributed by atoms with Crippen molar-refractivity contribution in [2.75, 3.05) is 36.0 Å². The van der Waals surface area contributed by atoms with Gasteiger partial charge in [-0.05, 0) is 36.4 Å². The van der Waals surface area contributed by atoms with Gasteiger partial charge in [0.15, 0.2) is 5.13 Å². The maximum atomic E-state index is 12.3. The van der Waals surface area contributed by atoms with Crippen molar-refractivity contribution in [2.24, 2.45) is 0 Å². The summed E-state index contributed by atoms with van der Waals surface area (Å²) in [6.45, 7) is 3.78. The van der Waals surface area contributed by atoms with Gasteiger partial charge in [0.1, 0.15) is 10.6 Å². The molecule has 3 heterocycles. The number of ether oxygens (including phenoxy) is 1. The third kappa shape index (κ3) is 4.01. The monoisotopic (exact) mass is 455 g/mol. The lowest BCUT2D eigenvalue weighted by Gasteiger charge is -2.35. The number of carbonyl (C=O) groups is 1. The van der Waals surface area contributed by atoms with Crippen LogP contribution >= 0.6 is 34.3 Å². The van der Waals surface area contributed by atoms with Crippen LogP contribution in [0.2, 0.25) is 4.34 Å². The van der Waals surface area contributed by atoms with Crippen LogP contribution in [0.1, 0.15) is 9.67 Å². The lowest BCUT2D eigenvalue weighted by Crippen LogP contribution is -2.46. The third-order valence-electron chi connectivity index (χ3n) is 5.01. The number of halogens is 1. The fourth-order valence-electron chi connectivity index (χ4n) is 3.47. The standard InChI is InChI=1S/C22H18ClN3O2S2/c23-20-9-8-18(29-20)21(27)28-16-6-7-17-19(14-16)30-22(24-17)26-12-10-25(11-13-26)15-4-2-1-3-5-15/h1-9,14H,10-13H2. The van der Waals surface area contributed by atoms with E-state index in [9.17, 15) is 4.79 Å². The fraction of sp³-hybridized carbons (Fsp3) is 0.182. The van der Waals surface area contributed by atoms with Gasteiger partial charge in [-0.2, -0.15) is 0 Å². The third-order valence-corrected chi connectivity index (χ3v) is 7.30. The van der Waals surface area contributed by atoms with E-state index in [1.54, 1.807) is 29.5 Å². The number of carbonyl (C=O) groups excluding carboxylic acids is 1. The molecule has 0 amide bonds. The summed E-state index contributed by atoms with van der Waals surface area (Å²) in [5.74, 6) is 0.120. The van der Waals surface area contributed by atoms with E-state index in [1.165, 1.54) is 17.0 Å². The first-order valence-electron chi connectivity index (χ1n) is 9.59. The highest BCUT2D eigenvalue weighted by molar-refractivity contribution is 7.22. The molecule has 1 fully saturated rings. The summed E-state index contributed by atoms with van der Waals surface area (Å²) >= 11 is 8.74. The molecule has 5 nitrogen and oxygen atoms in total. The summed E-state index contributed by atoms with van der Waals surface area (Å²) in [5, 5.41) is 1.01. The zero-order valence-corrected chi connectivity index (χ0v) is 18.3. The van der Waals surface area contributed by atoms with Crippen molar-refractivity contribution in [3.63, 3.8) is 0 Å². The van der Waals surface area contributed by atoms with Gasteiger partial charge in [0.25, 0.3) is 0 Å². The van der Waals surface area contributed by atoms with Gasteiger partial charge in [-0.25, -0.2) is 9.78 Å². The van der Waals surface area contributed by atoms with E-state index in [4.69, 9.17) is 21.3 Å². The van der Waals surface area contributed by atoms with Crippen molar-refractivity contribution < 1.29 is 9.53 Å². The van der Waals surface area contributed by atoms with Crippen molar-refractivity contribution in [3.8, 4) is 5.75 Å². The van der Waals surface area contributed by atoms with Crippen LogP contribution in [0.5, 0.6) is 5.75 Å². The summed E-state index contributed by atoms with van der Waals surface area (Å²) < 4.78 is 7.08. The number of thiophene rings is 1. The van der Waals surface area contributed by atoms with Crippen LogP contribution in [-0.4, -0.2) is 37.1 Å². The molecule has 2 aromatic heterocycles. The number of anilines is 2. The summed E-state index contributed by atoms with van der Waals surface area (Å²) in [6, 6.07) is 19.4. The van der Waals surface area contributed by atoms with Crippen LogP contribution < -0.4 is 14.5 Å². The molecule has 0 spiro atoms. The Labute approximate surface area is 187 Å². The van der Waals surface area contributed by atoms with Gasteiger partial charge in [0.2, 0.25) is 0 Å². The van der Waals surface area contributed by atoms with Crippen molar-refractivity contribution in [2.45, 2.75) is 0 Å². The van der Waals surface area contributed by atoms with Gasteiger partial charge in [0.05, 0.1) is 14.6 Å². The van der Waals surface area contributed by atoms with Crippen LogP contribution in [0.25, 0.3) is 10.2 Å². The Balaban J connectivity index is 1.28. The molecule has 2 aromatic carbocycles. The van der Waals surface area contributed by atoms with E-state index >= 15 is 0 Å². The molecule has 152 valence electrons. The van der Waals surface area contributed by atoms with Crippen LogP contribution in [0.3, 0.4) is 0 Å². The average Bonchev–Trinajstić information content (AvgIpc) is 3.40. The number of hydrogen-bond acceptors (Lipinski definition) is 7. The number of thiazole rings is 1. The van der Waals surface area contributed by atoms with Crippen LogP contribution in [0.15, 0.2) is 60.7 Å². The van der Waals surface area contributed by atoms with Crippen LogP contribution in [-0.2, 0) is 0 Å². The average molecular weight is 456 g/mol. The second-order valence-corrected chi connectivity index (χ2v) is 9.65. The van der Waals surface area contributed by atoms with E-state index in [1.807, 2.05) is 18.2 Å². The topological polar surface area (TPSA) is 45.7 Å². The lowest BCUT2D eigenvalue weighted by atomic mass is 10.2. The van der Waals surface area contributed by atoms with Crippen LogP contribution in [0, 0.1) is 0 Å². The first kappa shape index (κ1) is 19.4. The molecule has 0 unspecified atom stereocenters. The molecular formula is C22H18ClN3O2S2. The van der Waals surface area contributed by atoms with Crippen molar-refractivity contribution >= 4 is 61.3 Å². The Hall–Kier alpha value is -2.61. The predicted molar refractivity (Wildman–Crippen MR) is 125 cm³/mol. The van der Waals surface area contributed by atoms with Gasteiger partial charge in [-0.1, -0.05) is 41.1 Å². The molecule has 0 radical (unpaired) electrons. The summed E-state index contributed by atoms with van der Waals surface area (Å²) in [7, 11) is 0. The number of para-hydroxylation sites is 1. The van der Waals surface area contributed by atoms with Crippen molar-refractivity contribution in [1.29, 1.82) is 0 Å². The summed E-state index contributed by atoms with van der Waals surface area (Å²) in [5.41, 5.74) is 2.18. The molecule has 8 heteroatoms. The molecule has 30 heavy (non-hydrogen) atoms. The molecule has 1 aliphatic heterocycles. The zero-order chi connectivity index (χ0) is 20.5. The van der Waals surface area contributed by atoms with Crippen molar-refractivity contribution in [1.82, 2.24) is 4.98 Å². The normalized spacial score (nSPS) is 14.3. The lowest BCUT2D eigenvalue weighted by molar-refractivity contribution is 0.0740. The number of nitrogens with zero attached hydrogens (tertiary/aromatic N) is 3. The molecule has 4 aromatic rings. The minimum Gasteiger partial charge on any atom is -0.422 e. The predicted octanol–water partition coefficient (Wildman–Crippen LogP) is 5.56. The second kappa shape index (κ2) is 8.26. The Morgan fingerprint density at radius 2 is 1.70 bits per heavy atom. The Kier molecular flexibility index (Phi) is 5.33. The molecule has 0 atom stereocenters. The molecule has 5 rings (SSSR count). The quantitative estimate of drug-likeness (QED) is 0.298. The first-order valence-corrected chi connectivity index (χ1v) is 11.6. The number of fused-ring (bicyclic) bond motifs is 1. The number of piperazine rings is 1. The second-order valence-electron chi connectivity index (χ2n) is 6.93. The minimum atomic E-state index is -0.395. The largest absolute Gasteiger partial charge is 0.422 e. The first-order chi connectivity index (χ1) is 14.7. The SMILES string of the molecule is O=C(Oc1ccc2nc(N3CCN(c4ccccc4)CC3)sc2c1)c1ccc(Cl)s1. The smallest absolute Gasteiger partial charge is 0.353 e. The number of rotatable bonds is 4. The summed E-state index contributed by atoms with van der Waals surface area (Å²) in [6.07, 6.45) is 0. The van der Waals surface area contributed by atoms with Gasteiger partial charge < -0.3 is 14.5 Å². The fourth-order valence-corrected chi connectivity index (χ4v) is 5.43. The number of aromatic nitrogens is 1. The van der Waals surface area contributed by atoms with Crippen molar-refractivity contribution in [3.05, 3.63) is 69.9 Å². The van der Waals surface area contributed by atoms with Gasteiger partial charge >= 0.3 is 5.97 Å². The zero-order valence-electron chi connectivity index (χ0n) is 16.0. The van der Waals surface area contributed by atoms with Gasteiger partial charge in [-0.15, -0.1) is 11.3 Å². The highest BCUT2D eigenvalue weighted by atomic mass is 35.5. The maximum absolute atomic E-state index is 12.3.